The number of nitrogens with one attached hydrogen (secondary N) is 2. The highest BCUT2D eigenvalue weighted by molar-refractivity contribution is 5.96. The Bertz CT molecular complexity index is 805. The molecule has 0 unspecified atom stereocenters. The molecule has 3 rings (SSSR count). The van der Waals surface area contributed by atoms with E-state index in [1.807, 2.05) is 18.2 Å². The van der Waals surface area contributed by atoms with Crippen LogP contribution in [0.1, 0.15) is 33.9 Å². The summed E-state index contributed by atoms with van der Waals surface area (Å²) >= 11 is 0. The molecule has 0 spiro atoms. The lowest BCUT2D eigenvalue weighted by molar-refractivity contribution is -0.120. The van der Waals surface area contributed by atoms with Gasteiger partial charge in [0.05, 0.1) is 26.8 Å². The molecule has 2 aromatic carbocycles. The quantitative estimate of drug-likeness (QED) is 0.834. The van der Waals surface area contributed by atoms with Crippen molar-refractivity contribution in [3.8, 4) is 11.5 Å². The van der Waals surface area contributed by atoms with Gasteiger partial charge in [-0.15, -0.1) is 0 Å². The molecule has 6 heteroatoms. The number of carbonyl (C=O) groups excluding carboxylic acids is 2. The second kappa shape index (κ2) is 7.91. The van der Waals surface area contributed by atoms with Crippen LogP contribution < -0.4 is 20.1 Å². The summed E-state index contributed by atoms with van der Waals surface area (Å²) in [5.74, 6) is 0.846. The zero-order valence-corrected chi connectivity index (χ0v) is 14.9. The number of fused-ring (bicyclic) bond motifs is 1. The molecule has 0 radical (unpaired) electrons. The van der Waals surface area contributed by atoms with Gasteiger partial charge in [-0.2, -0.15) is 0 Å². The number of carbonyl (C=O) groups is 2. The largest absolute Gasteiger partial charge is 0.493 e. The molecule has 0 bridgehead atoms. The first-order valence-electron chi connectivity index (χ1n) is 8.49. The summed E-state index contributed by atoms with van der Waals surface area (Å²) in [4.78, 5) is 24.3. The Morgan fingerprint density at radius 3 is 2.46 bits per heavy atom. The van der Waals surface area contributed by atoms with Crippen LogP contribution in [0.2, 0.25) is 0 Å². The number of hydrogen-bond acceptors (Lipinski definition) is 4. The van der Waals surface area contributed by atoms with Crippen LogP contribution in [0.3, 0.4) is 0 Å². The molecule has 0 saturated carbocycles. The number of ether oxygens (including phenoxy) is 2. The van der Waals surface area contributed by atoms with Crippen molar-refractivity contribution in [2.45, 2.75) is 18.9 Å². The van der Waals surface area contributed by atoms with Crippen LogP contribution in [-0.4, -0.2) is 32.6 Å². The Hall–Kier alpha value is -3.02. The molecule has 136 valence electrons. The predicted molar refractivity (Wildman–Crippen MR) is 97.5 cm³/mol. The molecule has 6 nitrogen and oxygen atoms in total. The SMILES string of the molecule is COc1cc2c(cc1OC)[C@@H](NC(=O)CNC(=O)c1ccccc1)CC2. The van der Waals surface area contributed by atoms with E-state index < -0.39 is 0 Å². The molecule has 26 heavy (non-hydrogen) atoms. The molecule has 0 saturated heterocycles. The standard InChI is InChI=1S/C20H22N2O4/c1-25-17-10-14-8-9-16(15(14)11-18(17)26-2)22-19(23)12-21-20(24)13-6-4-3-5-7-13/h3-7,10-11,16H,8-9,12H2,1-2H3,(H,21,24)(H,22,23)/t16-/m0/s1. The third-order valence-electron chi connectivity index (χ3n) is 4.50. The van der Waals surface area contributed by atoms with Crippen molar-refractivity contribution in [2.24, 2.45) is 0 Å². The number of hydrogen-bond donors (Lipinski definition) is 2. The Labute approximate surface area is 152 Å². The van der Waals surface area contributed by atoms with Crippen molar-refractivity contribution in [3.05, 3.63) is 59.2 Å². The van der Waals surface area contributed by atoms with Crippen molar-refractivity contribution >= 4 is 11.8 Å². The summed E-state index contributed by atoms with van der Waals surface area (Å²) in [7, 11) is 3.19. The van der Waals surface area contributed by atoms with Gasteiger partial charge in [0.25, 0.3) is 5.91 Å². The second-order valence-electron chi connectivity index (χ2n) is 6.11. The highest BCUT2D eigenvalue weighted by atomic mass is 16.5. The Morgan fingerprint density at radius 1 is 1.08 bits per heavy atom. The first-order valence-corrected chi connectivity index (χ1v) is 8.49. The minimum atomic E-state index is -0.265. The molecule has 2 N–H and O–H groups in total. The van der Waals surface area contributed by atoms with Crippen molar-refractivity contribution in [1.82, 2.24) is 10.6 Å². The van der Waals surface area contributed by atoms with Gasteiger partial charge in [0.1, 0.15) is 0 Å². The second-order valence-corrected chi connectivity index (χ2v) is 6.11. The molecule has 2 aromatic rings. The van der Waals surface area contributed by atoms with E-state index in [4.69, 9.17) is 9.47 Å². The van der Waals surface area contributed by atoms with Gasteiger partial charge in [0, 0.05) is 5.56 Å². The molecule has 0 fully saturated rings. The zero-order valence-electron chi connectivity index (χ0n) is 14.9. The summed E-state index contributed by atoms with van der Waals surface area (Å²) in [5, 5.41) is 5.62. The van der Waals surface area contributed by atoms with E-state index in [9.17, 15) is 9.59 Å². The van der Waals surface area contributed by atoms with Crippen LogP contribution in [0.25, 0.3) is 0 Å². The van der Waals surface area contributed by atoms with Crippen LogP contribution in [0.4, 0.5) is 0 Å². The average molecular weight is 354 g/mol. The summed E-state index contributed by atoms with van der Waals surface area (Å²) in [5.41, 5.74) is 2.70. The Kier molecular flexibility index (Phi) is 5.41. The predicted octanol–water partition coefficient (Wildman–Crippen LogP) is 2.24. The Balaban J connectivity index is 1.61. The third-order valence-corrected chi connectivity index (χ3v) is 4.50. The molecular formula is C20H22N2O4. The van der Waals surface area contributed by atoms with Gasteiger partial charge in [-0.05, 0) is 48.2 Å². The summed E-state index contributed by atoms with van der Waals surface area (Å²) in [6.07, 6.45) is 1.67. The lowest BCUT2D eigenvalue weighted by Gasteiger charge is -2.16. The molecule has 0 heterocycles. The van der Waals surface area contributed by atoms with Gasteiger partial charge in [-0.3, -0.25) is 9.59 Å². The smallest absolute Gasteiger partial charge is 0.251 e. The molecule has 1 aliphatic rings. The van der Waals surface area contributed by atoms with E-state index in [1.165, 1.54) is 0 Å². The summed E-state index contributed by atoms with van der Waals surface area (Å²) in [6, 6.07) is 12.6. The van der Waals surface area contributed by atoms with E-state index in [-0.39, 0.29) is 24.4 Å². The van der Waals surface area contributed by atoms with E-state index in [0.717, 1.165) is 24.0 Å². The molecule has 2 amide bonds. The van der Waals surface area contributed by atoms with Gasteiger partial charge in [0.2, 0.25) is 5.91 Å². The van der Waals surface area contributed by atoms with Gasteiger partial charge >= 0.3 is 0 Å². The molecule has 1 atom stereocenters. The van der Waals surface area contributed by atoms with Crippen molar-refractivity contribution in [3.63, 3.8) is 0 Å². The third kappa shape index (κ3) is 3.79. The maximum absolute atomic E-state index is 12.2. The van der Waals surface area contributed by atoms with Gasteiger partial charge < -0.3 is 20.1 Å². The summed E-state index contributed by atoms with van der Waals surface area (Å²) in [6.45, 7) is -0.0626. The van der Waals surface area contributed by atoms with Crippen molar-refractivity contribution in [2.75, 3.05) is 20.8 Å². The molecule has 0 aromatic heterocycles. The normalized spacial score (nSPS) is 15.1. The lowest BCUT2D eigenvalue weighted by atomic mass is 10.1. The van der Waals surface area contributed by atoms with Crippen LogP contribution >= 0.6 is 0 Å². The number of amides is 2. The maximum atomic E-state index is 12.2. The lowest BCUT2D eigenvalue weighted by Crippen LogP contribution is -2.38. The zero-order chi connectivity index (χ0) is 18.5. The molecule has 1 aliphatic carbocycles. The highest BCUT2D eigenvalue weighted by Gasteiger charge is 2.26. The monoisotopic (exact) mass is 354 g/mol. The topological polar surface area (TPSA) is 76.7 Å². The first-order chi connectivity index (χ1) is 12.6. The maximum Gasteiger partial charge on any atom is 0.251 e. The molecular weight excluding hydrogens is 332 g/mol. The van der Waals surface area contributed by atoms with Crippen LogP contribution in [0, 0.1) is 0 Å². The van der Waals surface area contributed by atoms with E-state index in [2.05, 4.69) is 10.6 Å². The number of rotatable bonds is 6. The van der Waals surface area contributed by atoms with Crippen LogP contribution in [0.15, 0.2) is 42.5 Å². The minimum Gasteiger partial charge on any atom is -0.493 e. The van der Waals surface area contributed by atoms with Crippen molar-refractivity contribution < 1.29 is 19.1 Å². The Morgan fingerprint density at radius 2 is 1.77 bits per heavy atom. The fraction of sp³-hybridized carbons (Fsp3) is 0.300. The van der Waals surface area contributed by atoms with E-state index in [0.29, 0.717) is 17.1 Å². The minimum absolute atomic E-state index is 0.0626. The summed E-state index contributed by atoms with van der Waals surface area (Å²) < 4.78 is 10.7. The number of benzene rings is 2. The first kappa shape index (κ1) is 17.8. The van der Waals surface area contributed by atoms with Crippen LogP contribution in [0.5, 0.6) is 11.5 Å². The highest BCUT2D eigenvalue weighted by Crippen LogP contribution is 2.39. The number of aryl methyl sites for hydroxylation is 1. The number of methoxy groups -OCH3 is 2. The van der Waals surface area contributed by atoms with E-state index >= 15 is 0 Å². The fourth-order valence-electron chi connectivity index (χ4n) is 3.18. The van der Waals surface area contributed by atoms with E-state index in [1.54, 1.807) is 38.5 Å². The van der Waals surface area contributed by atoms with Crippen LogP contribution in [-0.2, 0) is 11.2 Å². The fourth-order valence-corrected chi connectivity index (χ4v) is 3.18. The van der Waals surface area contributed by atoms with Gasteiger partial charge in [-0.1, -0.05) is 18.2 Å². The van der Waals surface area contributed by atoms with Crippen molar-refractivity contribution in [1.29, 1.82) is 0 Å². The average Bonchev–Trinajstić information content (AvgIpc) is 3.07. The van der Waals surface area contributed by atoms with Gasteiger partial charge in [0.15, 0.2) is 11.5 Å². The van der Waals surface area contributed by atoms with Gasteiger partial charge in [-0.25, -0.2) is 0 Å². The molecule has 0 aliphatic heterocycles.